The molecule has 2 rings (SSSR count). The number of aryl methyl sites for hydroxylation is 1. The highest BCUT2D eigenvalue weighted by Crippen LogP contribution is 2.17. The number of hydrogen-bond acceptors (Lipinski definition) is 5. The Bertz CT molecular complexity index is 722. The van der Waals surface area contributed by atoms with Gasteiger partial charge in [0.1, 0.15) is 12.1 Å². The van der Waals surface area contributed by atoms with Gasteiger partial charge >= 0.3 is 0 Å². The van der Waals surface area contributed by atoms with E-state index in [2.05, 4.69) is 63.7 Å². The maximum absolute atomic E-state index is 4.66. The molecule has 1 atom stereocenters. The van der Waals surface area contributed by atoms with Gasteiger partial charge in [0.25, 0.3) is 0 Å². The molecule has 0 aliphatic carbocycles. The lowest BCUT2D eigenvalue weighted by atomic mass is 10.0. The Balaban J connectivity index is 1.83. The lowest BCUT2D eigenvalue weighted by molar-refractivity contribution is 0.491. The number of anilines is 1. The van der Waals surface area contributed by atoms with Crippen LogP contribution in [0.1, 0.15) is 47.0 Å². The van der Waals surface area contributed by atoms with Crippen LogP contribution in [0.4, 0.5) is 5.82 Å². The molecule has 0 saturated heterocycles. The van der Waals surface area contributed by atoms with Crippen molar-refractivity contribution >= 4 is 22.8 Å². The summed E-state index contributed by atoms with van der Waals surface area (Å²) >= 11 is 0. The van der Waals surface area contributed by atoms with Gasteiger partial charge in [-0.05, 0) is 26.2 Å². The van der Waals surface area contributed by atoms with Gasteiger partial charge in [0.15, 0.2) is 11.6 Å². The molecule has 150 valence electrons. The standard InChI is InChI=1S/C19H34N8/c1-6-20-19(26-15(4)9-7-8-14(2)3)22-11-10-21-17-16-12-25-27(5)18(16)24-13-23-17/h12-15H,6-11H2,1-5H3,(H2,20,22,26)(H,21,23,24). The second-order valence-electron chi connectivity index (χ2n) is 7.29. The molecule has 8 nitrogen and oxygen atoms in total. The van der Waals surface area contributed by atoms with Crippen LogP contribution < -0.4 is 16.0 Å². The second kappa shape index (κ2) is 10.7. The Hall–Kier alpha value is -2.38. The van der Waals surface area contributed by atoms with Crippen molar-refractivity contribution in [1.82, 2.24) is 30.4 Å². The zero-order valence-electron chi connectivity index (χ0n) is 17.3. The number of rotatable bonds is 10. The molecule has 2 aromatic rings. The maximum atomic E-state index is 4.66. The zero-order valence-corrected chi connectivity index (χ0v) is 17.3. The van der Waals surface area contributed by atoms with Gasteiger partial charge < -0.3 is 16.0 Å². The Morgan fingerprint density at radius 3 is 2.78 bits per heavy atom. The molecule has 0 aromatic carbocycles. The highest BCUT2D eigenvalue weighted by atomic mass is 15.3. The Labute approximate surface area is 162 Å². The van der Waals surface area contributed by atoms with Crippen LogP contribution in [0, 0.1) is 5.92 Å². The summed E-state index contributed by atoms with van der Waals surface area (Å²) in [5.74, 6) is 2.42. The fraction of sp³-hybridized carbons (Fsp3) is 0.684. The minimum atomic E-state index is 0.409. The highest BCUT2D eigenvalue weighted by Gasteiger charge is 2.08. The maximum Gasteiger partial charge on any atom is 0.191 e. The molecule has 0 spiro atoms. The molecule has 0 radical (unpaired) electrons. The van der Waals surface area contributed by atoms with Crippen LogP contribution in [0.3, 0.4) is 0 Å². The molecular weight excluding hydrogens is 340 g/mol. The van der Waals surface area contributed by atoms with Crippen LogP contribution in [0.2, 0.25) is 0 Å². The SMILES string of the molecule is CCNC(=NCCNc1ncnc2c1cnn2C)NC(C)CCCC(C)C. The van der Waals surface area contributed by atoms with Gasteiger partial charge in [0.2, 0.25) is 0 Å². The van der Waals surface area contributed by atoms with Crippen molar-refractivity contribution in [3.63, 3.8) is 0 Å². The smallest absolute Gasteiger partial charge is 0.191 e. The van der Waals surface area contributed by atoms with Gasteiger partial charge in [-0.2, -0.15) is 5.10 Å². The van der Waals surface area contributed by atoms with Crippen molar-refractivity contribution < 1.29 is 0 Å². The van der Waals surface area contributed by atoms with Gasteiger partial charge in [-0.15, -0.1) is 0 Å². The van der Waals surface area contributed by atoms with Crippen LogP contribution in [-0.2, 0) is 7.05 Å². The number of guanidine groups is 1. The summed E-state index contributed by atoms with van der Waals surface area (Å²) in [6, 6.07) is 0.409. The molecule has 0 bridgehead atoms. The molecule has 0 fully saturated rings. The van der Waals surface area contributed by atoms with Crippen molar-refractivity contribution in [2.24, 2.45) is 18.0 Å². The van der Waals surface area contributed by atoms with Crippen molar-refractivity contribution in [3.05, 3.63) is 12.5 Å². The molecule has 0 amide bonds. The normalized spacial score (nSPS) is 13.2. The molecule has 3 N–H and O–H groups in total. The lowest BCUT2D eigenvalue weighted by Crippen LogP contribution is -2.42. The quantitative estimate of drug-likeness (QED) is 0.336. The van der Waals surface area contributed by atoms with Crippen LogP contribution in [0.25, 0.3) is 11.0 Å². The Morgan fingerprint density at radius 2 is 2.04 bits per heavy atom. The first kappa shape index (κ1) is 20.9. The molecule has 8 heteroatoms. The zero-order chi connectivity index (χ0) is 19.6. The van der Waals surface area contributed by atoms with Gasteiger partial charge in [-0.1, -0.05) is 26.7 Å². The number of hydrogen-bond donors (Lipinski definition) is 3. The van der Waals surface area contributed by atoms with Gasteiger partial charge in [-0.25, -0.2) is 9.97 Å². The molecular formula is C19H34N8. The van der Waals surface area contributed by atoms with E-state index in [0.717, 1.165) is 41.7 Å². The summed E-state index contributed by atoms with van der Waals surface area (Å²) in [5.41, 5.74) is 0.821. The van der Waals surface area contributed by atoms with Crippen LogP contribution in [-0.4, -0.2) is 51.4 Å². The highest BCUT2D eigenvalue weighted by molar-refractivity contribution is 5.86. The number of aliphatic imine (C=N–C) groups is 1. The molecule has 2 heterocycles. The number of fused-ring (bicyclic) bond motifs is 1. The minimum Gasteiger partial charge on any atom is -0.367 e. The Morgan fingerprint density at radius 1 is 1.22 bits per heavy atom. The van der Waals surface area contributed by atoms with E-state index >= 15 is 0 Å². The van der Waals surface area contributed by atoms with Crippen LogP contribution >= 0.6 is 0 Å². The summed E-state index contributed by atoms with van der Waals surface area (Å²) in [6.45, 7) is 11.0. The summed E-state index contributed by atoms with van der Waals surface area (Å²) in [4.78, 5) is 13.2. The summed E-state index contributed by atoms with van der Waals surface area (Å²) in [7, 11) is 1.88. The number of nitrogens with one attached hydrogen (secondary N) is 3. The van der Waals surface area contributed by atoms with Crippen molar-refractivity contribution in [3.8, 4) is 0 Å². The molecule has 0 aliphatic rings. The van der Waals surface area contributed by atoms with Crippen molar-refractivity contribution in [1.29, 1.82) is 0 Å². The fourth-order valence-electron chi connectivity index (χ4n) is 2.90. The van der Waals surface area contributed by atoms with Gasteiger partial charge in [0, 0.05) is 26.2 Å². The van der Waals surface area contributed by atoms with E-state index in [1.54, 1.807) is 17.2 Å². The number of nitrogens with zero attached hydrogens (tertiary/aromatic N) is 5. The largest absolute Gasteiger partial charge is 0.367 e. The topological polar surface area (TPSA) is 92.1 Å². The third kappa shape index (κ3) is 6.69. The average molecular weight is 375 g/mol. The summed E-state index contributed by atoms with van der Waals surface area (Å²) in [5, 5.41) is 15.3. The first-order valence-corrected chi connectivity index (χ1v) is 9.92. The van der Waals surface area contributed by atoms with Crippen LogP contribution in [0.15, 0.2) is 17.5 Å². The predicted octanol–water partition coefficient (Wildman–Crippen LogP) is 2.55. The molecule has 27 heavy (non-hydrogen) atoms. The van der Waals surface area contributed by atoms with Crippen LogP contribution in [0.5, 0.6) is 0 Å². The van der Waals surface area contributed by atoms with E-state index in [9.17, 15) is 0 Å². The van der Waals surface area contributed by atoms with Crippen molar-refractivity contribution in [2.45, 2.75) is 53.0 Å². The summed E-state index contributed by atoms with van der Waals surface area (Å²) < 4.78 is 1.74. The number of aromatic nitrogens is 4. The van der Waals surface area contributed by atoms with E-state index in [1.165, 1.54) is 12.8 Å². The predicted molar refractivity (Wildman–Crippen MR) is 112 cm³/mol. The Kier molecular flexibility index (Phi) is 8.29. The molecule has 0 aliphatic heterocycles. The third-order valence-corrected chi connectivity index (χ3v) is 4.35. The third-order valence-electron chi connectivity index (χ3n) is 4.35. The lowest BCUT2D eigenvalue weighted by Gasteiger charge is -2.18. The van der Waals surface area contributed by atoms with Gasteiger partial charge in [-0.3, -0.25) is 9.67 Å². The van der Waals surface area contributed by atoms with E-state index in [1.807, 2.05) is 7.05 Å². The van der Waals surface area contributed by atoms with E-state index in [0.29, 0.717) is 19.1 Å². The molecule has 0 saturated carbocycles. The second-order valence-corrected chi connectivity index (χ2v) is 7.29. The first-order valence-electron chi connectivity index (χ1n) is 9.92. The fourth-order valence-corrected chi connectivity index (χ4v) is 2.90. The van der Waals surface area contributed by atoms with Crippen molar-refractivity contribution in [2.75, 3.05) is 25.0 Å². The average Bonchev–Trinajstić information content (AvgIpc) is 3.00. The molecule has 2 aromatic heterocycles. The minimum absolute atomic E-state index is 0.409. The monoisotopic (exact) mass is 374 g/mol. The summed E-state index contributed by atoms with van der Waals surface area (Å²) in [6.07, 6.45) is 7.00. The first-order chi connectivity index (χ1) is 13.0. The van der Waals surface area contributed by atoms with E-state index in [-0.39, 0.29) is 0 Å². The molecule has 1 unspecified atom stereocenters. The van der Waals surface area contributed by atoms with Gasteiger partial charge in [0.05, 0.1) is 18.1 Å². The van der Waals surface area contributed by atoms with E-state index in [4.69, 9.17) is 0 Å². The van der Waals surface area contributed by atoms with E-state index < -0.39 is 0 Å².